The summed E-state index contributed by atoms with van der Waals surface area (Å²) in [7, 11) is 0. The zero-order valence-corrected chi connectivity index (χ0v) is 14.6. The molecule has 0 amide bonds. The number of nitrogens with zero attached hydrogens (tertiary/aromatic N) is 2. The van der Waals surface area contributed by atoms with Crippen LogP contribution in [0.4, 0.5) is 15.9 Å². The summed E-state index contributed by atoms with van der Waals surface area (Å²) in [5.74, 6) is 0.239. The first-order valence-electron chi connectivity index (χ1n) is 8.88. The average molecular weight is 341 g/mol. The number of hydrogen-bond acceptors (Lipinski definition) is 4. The Morgan fingerprint density at radius 2 is 1.92 bits per heavy atom. The number of aromatic nitrogens is 1. The zero-order valence-electron chi connectivity index (χ0n) is 14.6. The number of halogens is 1. The number of carbonyl (C=O) groups is 1. The van der Waals surface area contributed by atoms with E-state index in [2.05, 4.69) is 15.2 Å². The van der Waals surface area contributed by atoms with Gasteiger partial charge in [-0.3, -0.25) is 4.79 Å². The number of Topliss-reactive ketones (excluding diaryl/α,β-unsaturated/α-hetero) is 1. The Hall–Kier alpha value is -2.43. The van der Waals surface area contributed by atoms with E-state index >= 15 is 0 Å². The van der Waals surface area contributed by atoms with Gasteiger partial charge in [0.25, 0.3) is 0 Å². The molecule has 2 heterocycles. The maximum Gasteiger partial charge on any atom is 0.164 e. The lowest BCUT2D eigenvalue weighted by molar-refractivity contribution is 0.101. The van der Waals surface area contributed by atoms with Crippen LogP contribution in [0.5, 0.6) is 0 Å². The molecule has 3 rings (SSSR count). The van der Waals surface area contributed by atoms with Crippen molar-refractivity contribution in [2.24, 2.45) is 0 Å². The first kappa shape index (κ1) is 17.4. The van der Waals surface area contributed by atoms with Gasteiger partial charge < -0.3 is 10.2 Å². The van der Waals surface area contributed by atoms with E-state index in [1.807, 2.05) is 18.3 Å². The minimum Gasteiger partial charge on any atom is -0.380 e. The predicted octanol–water partition coefficient (Wildman–Crippen LogP) is 4.42. The summed E-state index contributed by atoms with van der Waals surface area (Å²) in [5.41, 5.74) is 1.62. The molecule has 1 N–H and O–H groups in total. The molecular formula is C20H24FN3O. The van der Waals surface area contributed by atoms with Crippen molar-refractivity contribution >= 4 is 17.3 Å². The monoisotopic (exact) mass is 341 g/mol. The van der Waals surface area contributed by atoms with Crippen molar-refractivity contribution in [2.75, 3.05) is 23.3 Å². The van der Waals surface area contributed by atoms with Crippen molar-refractivity contribution in [3.63, 3.8) is 0 Å². The second-order valence-corrected chi connectivity index (χ2v) is 6.50. The molecule has 0 saturated carbocycles. The van der Waals surface area contributed by atoms with E-state index in [9.17, 15) is 9.18 Å². The normalized spacial score (nSPS) is 14.9. The summed E-state index contributed by atoms with van der Waals surface area (Å²) in [6.45, 7) is 4.00. The quantitative estimate of drug-likeness (QED) is 0.818. The number of anilines is 2. The smallest absolute Gasteiger partial charge is 0.164 e. The highest BCUT2D eigenvalue weighted by molar-refractivity contribution is 5.99. The molecule has 1 fully saturated rings. The number of carbonyl (C=O) groups excluding carboxylic acids is 1. The predicted molar refractivity (Wildman–Crippen MR) is 98.6 cm³/mol. The summed E-state index contributed by atoms with van der Waals surface area (Å²) >= 11 is 0. The van der Waals surface area contributed by atoms with Gasteiger partial charge in [0.05, 0.1) is 5.56 Å². The molecule has 0 aliphatic carbocycles. The van der Waals surface area contributed by atoms with Gasteiger partial charge in [-0.2, -0.15) is 0 Å². The van der Waals surface area contributed by atoms with Crippen LogP contribution in [0.3, 0.4) is 0 Å². The van der Waals surface area contributed by atoms with Gasteiger partial charge in [0.2, 0.25) is 0 Å². The van der Waals surface area contributed by atoms with Crippen LogP contribution in [0.1, 0.15) is 48.5 Å². The summed E-state index contributed by atoms with van der Waals surface area (Å²) in [6, 6.07) is 8.70. The third-order valence-corrected chi connectivity index (χ3v) is 4.59. The molecule has 1 aliphatic rings. The van der Waals surface area contributed by atoms with E-state index < -0.39 is 5.82 Å². The standard InChI is InChI=1S/C20H24FN3O/c1-15(25)20-17(21)7-6-8-18(20)22-13-16-9-10-19(23-14-16)24-11-4-2-3-5-12-24/h6-10,14,22H,2-5,11-13H2,1H3. The molecule has 25 heavy (non-hydrogen) atoms. The van der Waals surface area contributed by atoms with Gasteiger partial charge in [0.1, 0.15) is 11.6 Å². The highest BCUT2D eigenvalue weighted by atomic mass is 19.1. The molecule has 0 radical (unpaired) electrons. The number of ketones is 1. The second-order valence-electron chi connectivity index (χ2n) is 6.50. The number of benzene rings is 1. The lowest BCUT2D eigenvalue weighted by atomic mass is 10.1. The van der Waals surface area contributed by atoms with Crippen LogP contribution in [-0.2, 0) is 6.54 Å². The van der Waals surface area contributed by atoms with Gasteiger partial charge in [-0.25, -0.2) is 9.37 Å². The molecule has 0 unspecified atom stereocenters. The van der Waals surface area contributed by atoms with Crippen LogP contribution in [0.25, 0.3) is 0 Å². The van der Waals surface area contributed by atoms with E-state index in [0.717, 1.165) is 24.5 Å². The van der Waals surface area contributed by atoms with Gasteiger partial charge >= 0.3 is 0 Å². The average Bonchev–Trinajstić information content (AvgIpc) is 2.89. The van der Waals surface area contributed by atoms with Crippen molar-refractivity contribution in [3.05, 3.63) is 53.5 Å². The summed E-state index contributed by atoms with van der Waals surface area (Å²) in [4.78, 5) is 18.6. The van der Waals surface area contributed by atoms with E-state index in [0.29, 0.717) is 12.2 Å². The first-order valence-corrected chi connectivity index (χ1v) is 8.88. The molecule has 1 aromatic heterocycles. The molecule has 2 aromatic rings. The number of nitrogens with one attached hydrogen (secondary N) is 1. The molecule has 5 heteroatoms. The van der Waals surface area contributed by atoms with Crippen molar-refractivity contribution < 1.29 is 9.18 Å². The number of hydrogen-bond donors (Lipinski definition) is 1. The molecule has 0 atom stereocenters. The molecule has 1 saturated heterocycles. The Balaban J connectivity index is 1.66. The van der Waals surface area contributed by atoms with Gasteiger partial charge in [-0.15, -0.1) is 0 Å². The largest absolute Gasteiger partial charge is 0.380 e. The minimum atomic E-state index is -0.493. The van der Waals surface area contributed by atoms with Gasteiger partial charge in [0, 0.05) is 31.5 Å². The number of pyridine rings is 1. The first-order chi connectivity index (χ1) is 12.1. The molecular weight excluding hydrogens is 317 g/mol. The molecule has 0 spiro atoms. The van der Waals surface area contributed by atoms with E-state index in [1.54, 1.807) is 12.1 Å². The lowest BCUT2D eigenvalue weighted by Gasteiger charge is -2.21. The zero-order chi connectivity index (χ0) is 17.6. The third kappa shape index (κ3) is 4.35. The van der Waals surface area contributed by atoms with Crippen molar-refractivity contribution in [3.8, 4) is 0 Å². The van der Waals surface area contributed by atoms with Crippen LogP contribution in [0.2, 0.25) is 0 Å². The Bertz CT molecular complexity index is 722. The third-order valence-electron chi connectivity index (χ3n) is 4.59. The second kappa shape index (κ2) is 8.10. The topological polar surface area (TPSA) is 45.2 Å². The van der Waals surface area contributed by atoms with E-state index in [4.69, 9.17) is 0 Å². The summed E-state index contributed by atoms with van der Waals surface area (Å²) < 4.78 is 13.8. The Labute approximate surface area is 148 Å². The van der Waals surface area contributed by atoms with Crippen LogP contribution in [-0.4, -0.2) is 23.9 Å². The van der Waals surface area contributed by atoms with Gasteiger partial charge in [-0.1, -0.05) is 25.0 Å². The van der Waals surface area contributed by atoms with Crippen molar-refractivity contribution in [1.82, 2.24) is 4.98 Å². The Morgan fingerprint density at radius 1 is 1.16 bits per heavy atom. The summed E-state index contributed by atoms with van der Waals surface area (Å²) in [5, 5.41) is 3.15. The SMILES string of the molecule is CC(=O)c1c(F)cccc1NCc1ccc(N2CCCCCC2)nc1. The Morgan fingerprint density at radius 3 is 2.56 bits per heavy atom. The fraction of sp³-hybridized carbons (Fsp3) is 0.400. The Kier molecular flexibility index (Phi) is 5.64. The molecule has 0 bridgehead atoms. The maximum absolute atomic E-state index is 13.8. The minimum absolute atomic E-state index is 0.108. The van der Waals surface area contributed by atoms with Crippen LogP contribution >= 0.6 is 0 Å². The van der Waals surface area contributed by atoms with Gasteiger partial charge in [0.15, 0.2) is 5.78 Å². The van der Waals surface area contributed by atoms with E-state index in [-0.39, 0.29) is 11.3 Å². The fourth-order valence-electron chi connectivity index (χ4n) is 3.23. The summed E-state index contributed by atoms with van der Waals surface area (Å²) in [6.07, 6.45) is 6.88. The fourth-order valence-corrected chi connectivity index (χ4v) is 3.23. The molecule has 1 aliphatic heterocycles. The van der Waals surface area contributed by atoms with Crippen molar-refractivity contribution in [2.45, 2.75) is 39.2 Å². The van der Waals surface area contributed by atoms with Crippen LogP contribution in [0.15, 0.2) is 36.5 Å². The molecule has 4 nitrogen and oxygen atoms in total. The maximum atomic E-state index is 13.8. The van der Waals surface area contributed by atoms with Gasteiger partial charge in [-0.05, 0) is 43.5 Å². The van der Waals surface area contributed by atoms with Crippen molar-refractivity contribution in [1.29, 1.82) is 0 Å². The lowest BCUT2D eigenvalue weighted by Crippen LogP contribution is -2.24. The molecule has 132 valence electrons. The van der Waals surface area contributed by atoms with Crippen LogP contribution in [0, 0.1) is 5.82 Å². The van der Waals surface area contributed by atoms with Crippen LogP contribution < -0.4 is 10.2 Å². The van der Waals surface area contributed by atoms with E-state index in [1.165, 1.54) is 38.7 Å². The molecule has 1 aromatic carbocycles. The number of rotatable bonds is 5. The highest BCUT2D eigenvalue weighted by Crippen LogP contribution is 2.21. The highest BCUT2D eigenvalue weighted by Gasteiger charge is 2.13.